The molecule has 11 nitrogen and oxygen atoms in total. The van der Waals surface area contributed by atoms with Crippen molar-refractivity contribution in [3.63, 3.8) is 0 Å². The van der Waals surface area contributed by atoms with Gasteiger partial charge < -0.3 is 16.4 Å². The van der Waals surface area contributed by atoms with Crippen molar-refractivity contribution in [3.8, 4) is 0 Å². The van der Waals surface area contributed by atoms with Crippen LogP contribution in [0.5, 0.6) is 0 Å². The van der Waals surface area contributed by atoms with E-state index in [4.69, 9.17) is 5.73 Å². The van der Waals surface area contributed by atoms with Gasteiger partial charge in [0.2, 0.25) is 17.3 Å². The molecule has 11 heteroatoms. The monoisotopic (exact) mass is 449 g/mol. The second-order valence-electron chi connectivity index (χ2n) is 8.33. The summed E-state index contributed by atoms with van der Waals surface area (Å²) in [5.74, 6) is 0.577. The molecule has 3 aromatic rings. The number of carbonyl (C=O) groups is 2. The van der Waals surface area contributed by atoms with Crippen LogP contribution in [0.4, 0.5) is 17.5 Å². The van der Waals surface area contributed by atoms with Gasteiger partial charge in [0.1, 0.15) is 0 Å². The number of anilines is 3. The van der Waals surface area contributed by atoms with Crippen LogP contribution in [0.15, 0.2) is 42.7 Å². The SMILES string of the molecule is CONC(=O)Cc1ccc(Nc2nc(NC3C4C=CC(C4)C3C(N)=O)c3[nH]c[nH+]c3n2)cc1. The Morgan fingerprint density at radius 2 is 2.00 bits per heavy atom. The fraction of sp³-hybridized carbons (Fsp3) is 0.318. The zero-order valence-corrected chi connectivity index (χ0v) is 18.0. The molecule has 1 saturated carbocycles. The first kappa shape index (κ1) is 20.9. The minimum atomic E-state index is -0.301. The van der Waals surface area contributed by atoms with E-state index in [-0.39, 0.29) is 42.0 Å². The Bertz CT molecular complexity index is 1220. The van der Waals surface area contributed by atoms with Crippen LogP contribution in [0.3, 0.4) is 0 Å². The van der Waals surface area contributed by atoms with E-state index < -0.39 is 0 Å². The van der Waals surface area contributed by atoms with Crippen molar-refractivity contribution in [2.45, 2.75) is 18.9 Å². The number of nitrogens with zero attached hydrogens (tertiary/aromatic N) is 2. The number of primary amides is 1. The van der Waals surface area contributed by atoms with Crippen LogP contribution in [0.25, 0.3) is 11.2 Å². The molecule has 2 heterocycles. The van der Waals surface area contributed by atoms with Crippen LogP contribution in [-0.4, -0.2) is 39.9 Å². The van der Waals surface area contributed by atoms with Gasteiger partial charge in [-0.3, -0.25) is 19.4 Å². The van der Waals surface area contributed by atoms with Gasteiger partial charge in [0.15, 0.2) is 12.1 Å². The number of fused-ring (bicyclic) bond motifs is 3. The Morgan fingerprint density at radius 3 is 2.76 bits per heavy atom. The van der Waals surface area contributed by atoms with Gasteiger partial charge in [-0.25, -0.2) is 10.5 Å². The molecule has 0 spiro atoms. The quantitative estimate of drug-likeness (QED) is 0.251. The first-order valence-electron chi connectivity index (χ1n) is 10.7. The van der Waals surface area contributed by atoms with Gasteiger partial charge in [0.25, 0.3) is 0 Å². The summed E-state index contributed by atoms with van der Waals surface area (Å²) < 4.78 is 0. The van der Waals surface area contributed by atoms with Crippen molar-refractivity contribution < 1.29 is 19.4 Å². The van der Waals surface area contributed by atoms with E-state index in [0.29, 0.717) is 17.4 Å². The van der Waals surface area contributed by atoms with Gasteiger partial charge in [-0.05, 0) is 36.0 Å². The number of nitrogens with one attached hydrogen (secondary N) is 5. The molecular weight excluding hydrogens is 424 g/mol. The molecule has 0 saturated heterocycles. The van der Waals surface area contributed by atoms with Crippen LogP contribution in [-0.2, 0) is 20.8 Å². The van der Waals surface area contributed by atoms with Gasteiger partial charge in [0.05, 0.1) is 19.4 Å². The van der Waals surface area contributed by atoms with Crippen LogP contribution >= 0.6 is 0 Å². The van der Waals surface area contributed by atoms with Crippen LogP contribution in [0, 0.1) is 17.8 Å². The highest BCUT2D eigenvalue weighted by molar-refractivity contribution is 5.84. The number of hydrogen-bond acceptors (Lipinski definition) is 7. The highest BCUT2D eigenvalue weighted by Crippen LogP contribution is 2.45. The fourth-order valence-corrected chi connectivity index (χ4v) is 4.77. The van der Waals surface area contributed by atoms with E-state index in [1.807, 2.05) is 24.3 Å². The zero-order chi connectivity index (χ0) is 22.9. The summed E-state index contributed by atoms with van der Waals surface area (Å²) in [4.78, 5) is 43.8. The molecule has 2 bridgehead atoms. The van der Waals surface area contributed by atoms with Crippen molar-refractivity contribution >= 4 is 40.4 Å². The van der Waals surface area contributed by atoms with Gasteiger partial charge in [-0.1, -0.05) is 29.3 Å². The second kappa shape index (κ2) is 8.51. The number of benzene rings is 1. The molecule has 1 aromatic carbocycles. The van der Waals surface area contributed by atoms with E-state index in [1.165, 1.54) is 7.11 Å². The highest BCUT2D eigenvalue weighted by Gasteiger charge is 2.47. The number of aromatic nitrogens is 4. The van der Waals surface area contributed by atoms with Crippen molar-refractivity contribution in [1.82, 2.24) is 20.4 Å². The standard InChI is InChI=1S/C22H24N8O3/c1-33-30-15(31)8-11-2-6-14(7-3-11)26-22-28-20-18(24-10-25-20)21(29-22)27-17-13-5-4-12(9-13)16(17)19(23)32/h2-7,10,12-13,16-17H,8-9H2,1H3,(H2,23,32)(H,30,31)(H3,24,25,26,27,28,29)/p+1. The summed E-state index contributed by atoms with van der Waals surface area (Å²) in [6, 6.07) is 7.26. The topological polar surface area (TPSA) is 161 Å². The lowest BCUT2D eigenvalue weighted by Gasteiger charge is -2.26. The summed E-state index contributed by atoms with van der Waals surface area (Å²) >= 11 is 0. The molecule has 5 rings (SSSR count). The first-order chi connectivity index (χ1) is 16.0. The molecule has 170 valence electrons. The van der Waals surface area contributed by atoms with E-state index in [2.05, 4.69) is 53.0 Å². The average Bonchev–Trinajstić information content (AvgIpc) is 3.51. The zero-order valence-electron chi connectivity index (χ0n) is 18.0. The summed E-state index contributed by atoms with van der Waals surface area (Å²) in [5.41, 5.74) is 11.0. The second-order valence-corrected chi connectivity index (χ2v) is 8.33. The number of carbonyl (C=O) groups excluding carboxylic acids is 2. The number of H-pyrrole nitrogens is 2. The third-order valence-electron chi connectivity index (χ3n) is 6.22. The number of amides is 2. The predicted molar refractivity (Wildman–Crippen MR) is 120 cm³/mol. The van der Waals surface area contributed by atoms with E-state index in [1.54, 1.807) is 6.33 Å². The number of hydrogen-bond donors (Lipinski definition) is 5. The number of rotatable bonds is 8. The molecular formula is C22H25N8O3+. The van der Waals surface area contributed by atoms with Crippen molar-refractivity contribution in [3.05, 3.63) is 48.3 Å². The van der Waals surface area contributed by atoms with Gasteiger partial charge >= 0.3 is 11.6 Å². The fourth-order valence-electron chi connectivity index (χ4n) is 4.77. The smallest absolute Gasteiger partial charge is 0.307 e. The van der Waals surface area contributed by atoms with Gasteiger partial charge in [-0.15, -0.1) is 0 Å². The Balaban J connectivity index is 1.37. The summed E-state index contributed by atoms with van der Waals surface area (Å²) in [6.07, 6.45) is 7.04. The van der Waals surface area contributed by atoms with E-state index in [9.17, 15) is 9.59 Å². The largest absolute Gasteiger partial charge is 0.369 e. The third-order valence-corrected chi connectivity index (χ3v) is 6.22. The lowest BCUT2D eigenvalue weighted by molar-refractivity contribution is -0.347. The maximum absolute atomic E-state index is 12.1. The molecule has 2 amide bonds. The molecule has 2 aromatic heterocycles. The summed E-state index contributed by atoms with van der Waals surface area (Å²) in [7, 11) is 1.40. The minimum Gasteiger partial charge on any atom is -0.369 e. The van der Waals surface area contributed by atoms with Gasteiger partial charge in [-0.2, -0.15) is 4.98 Å². The average molecular weight is 449 g/mol. The Morgan fingerprint density at radius 1 is 1.21 bits per heavy atom. The molecule has 0 aliphatic heterocycles. The Labute approximate surface area is 189 Å². The highest BCUT2D eigenvalue weighted by atomic mass is 16.6. The maximum Gasteiger partial charge on any atom is 0.307 e. The number of allylic oxidation sites excluding steroid dienone is 1. The Kier molecular flexibility index (Phi) is 5.38. The Hall–Kier alpha value is -3.99. The lowest BCUT2D eigenvalue weighted by Crippen LogP contribution is -2.41. The molecule has 4 unspecified atom stereocenters. The van der Waals surface area contributed by atoms with Crippen molar-refractivity contribution in [2.24, 2.45) is 23.5 Å². The van der Waals surface area contributed by atoms with Crippen molar-refractivity contribution in [1.29, 1.82) is 0 Å². The first-order valence-corrected chi connectivity index (χ1v) is 10.7. The van der Waals surface area contributed by atoms with Crippen LogP contribution < -0.4 is 26.8 Å². The molecule has 7 N–H and O–H groups in total. The molecule has 1 fully saturated rings. The third kappa shape index (κ3) is 4.10. The number of aromatic amines is 2. The van der Waals surface area contributed by atoms with Crippen LogP contribution in [0.2, 0.25) is 0 Å². The van der Waals surface area contributed by atoms with Crippen LogP contribution in [0.1, 0.15) is 12.0 Å². The number of nitrogens with two attached hydrogens (primary N) is 1. The number of hydroxylamine groups is 1. The maximum atomic E-state index is 12.1. The molecule has 33 heavy (non-hydrogen) atoms. The minimum absolute atomic E-state index is 0.121. The summed E-state index contributed by atoms with van der Waals surface area (Å²) in [6.45, 7) is 0. The molecule has 0 radical (unpaired) electrons. The molecule has 2 aliphatic rings. The summed E-state index contributed by atoms with van der Waals surface area (Å²) in [5, 5.41) is 6.65. The predicted octanol–water partition coefficient (Wildman–Crippen LogP) is 0.824. The van der Waals surface area contributed by atoms with Gasteiger partial charge in [0, 0.05) is 11.7 Å². The van der Waals surface area contributed by atoms with Crippen molar-refractivity contribution in [2.75, 3.05) is 17.7 Å². The van der Waals surface area contributed by atoms with E-state index in [0.717, 1.165) is 23.2 Å². The lowest BCUT2D eigenvalue weighted by atomic mass is 9.88. The normalized spacial score (nSPS) is 23.1. The van der Waals surface area contributed by atoms with E-state index >= 15 is 0 Å². The molecule has 2 aliphatic carbocycles. The molecule has 4 atom stereocenters. The number of imidazole rings is 1.